The Labute approximate surface area is 107 Å². The van der Waals surface area contributed by atoms with Crippen LogP contribution in [0.5, 0.6) is 0 Å². The number of nitrogens with zero attached hydrogens (tertiary/aromatic N) is 3. The van der Waals surface area contributed by atoms with Gasteiger partial charge in [-0.1, -0.05) is 12.8 Å². The van der Waals surface area contributed by atoms with Gasteiger partial charge in [0.05, 0.1) is 12.3 Å². The first-order chi connectivity index (χ1) is 8.59. The van der Waals surface area contributed by atoms with E-state index in [-0.39, 0.29) is 5.91 Å². The molecule has 0 radical (unpaired) electrons. The summed E-state index contributed by atoms with van der Waals surface area (Å²) in [5.74, 6) is -0.134. The number of carbonyl (C=O) groups excluding carboxylic acids is 1. The molecule has 0 spiro atoms. The average molecular weight is 246 g/mol. The van der Waals surface area contributed by atoms with Gasteiger partial charge in [0.25, 0.3) is 0 Å². The first-order valence-corrected chi connectivity index (χ1v) is 6.26. The van der Waals surface area contributed by atoms with Gasteiger partial charge in [-0.2, -0.15) is 10.4 Å². The number of aryl methyl sites for hydroxylation is 1. The summed E-state index contributed by atoms with van der Waals surface area (Å²) in [6, 6.07) is 2.20. The van der Waals surface area contributed by atoms with E-state index in [0.29, 0.717) is 19.4 Å². The van der Waals surface area contributed by atoms with Crippen LogP contribution in [0.15, 0.2) is 6.20 Å². The van der Waals surface area contributed by atoms with Gasteiger partial charge in [0, 0.05) is 24.8 Å². The molecule has 1 aliphatic rings. The smallest absolute Gasteiger partial charge is 0.240 e. The van der Waals surface area contributed by atoms with Crippen LogP contribution < -0.4 is 5.32 Å². The van der Waals surface area contributed by atoms with Gasteiger partial charge in [-0.3, -0.25) is 9.48 Å². The molecule has 1 aliphatic carbocycles. The summed E-state index contributed by atoms with van der Waals surface area (Å²) in [7, 11) is 1.87. The minimum absolute atomic E-state index is 0.134. The van der Waals surface area contributed by atoms with Crippen molar-refractivity contribution in [3.8, 4) is 6.07 Å². The lowest BCUT2D eigenvalue weighted by atomic mass is 9.87. The quantitative estimate of drug-likeness (QED) is 0.877. The summed E-state index contributed by atoms with van der Waals surface area (Å²) in [5, 5.41) is 16.2. The number of hydrogen-bond acceptors (Lipinski definition) is 3. The molecule has 1 heterocycles. The predicted octanol–water partition coefficient (Wildman–Crippen LogP) is 1.43. The van der Waals surface area contributed by atoms with Gasteiger partial charge in [-0.15, -0.1) is 0 Å². The van der Waals surface area contributed by atoms with Gasteiger partial charge in [-0.05, 0) is 19.8 Å². The molecule has 1 aromatic heterocycles. The lowest BCUT2D eigenvalue weighted by Gasteiger charge is -2.19. The highest BCUT2D eigenvalue weighted by atomic mass is 16.2. The minimum Gasteiger partial charge on any atom is -0.351 e. The molecule has 5 nitrogen and oxygen atoms in total. The second kappa shape index (κ2) is 4.81. The third-order valence-electron chi connectivity index (χ3n) is 3.88. The molecule has 0 unspecified atom stereocenters. The molecule has 2 rings (SSSR count). The fourth-order valence-corrected chi connectivity index (χ4v) is 2.43. The first kappa shape index (κ1) is 12.6. The van der Waals surface area contributed by atoms with Crippen molar-refractivity contribution in [1.29, 1.82) is 5.26 Å². The Morgan fingerprint density at radius 3 is 2.78 bits per heavy atom. The molecule has 0 atom stereocenters. The van der Waals surface area contributed by atoms with Gasteiger partial charge >= 0.3 is 0 Å². The summed E-state index contributed by atoms with van der Waals surface area (Å²) in [5.41, 5.74) is 1.24. The number of rotatable bonds is 3. The third kappa shape index (κ3) is 2.10. The predicted molar refractivity (Wildman–Crippen MR) is 66.3 cm³/mol. The van der Waals surface area contributed by atoms with Gasteiger partial charge < -0.3 is 5.32 Å². The maximum atomic E-state index is 12.1. The zero-order valence-electron chi connectivity index (χ0n) is 10.9. The van der Waals surface area contributed by atoms with Gasteiger partial charge in [-0.25, -0.2) is 0 Å². The molecule has 5 heteroatoms. The van der Waals surface area contributed by atoms with Crippen molar-refractivity contribution in [1.82, 2.24) is 15.1 Å². The maximum Gasteiger partial charge on any atom is 0.240 e. The van der Waals surface area contributed by atoms with Gasteiger partial charge in [0.1, 0.15) is 5.41 Å². The number of hydrogen-bond donors (Lipinski definition) is 1. The van der Waals surface area contributed by atoms with Crippen LogP contribution in [-0.2, 0) is 18.4 Å². The molecule has 1 saturated carbocycles. The van der Waals surface area contributed by atoms with Crippen molar-refractivity contribution >= 4 is 5.91 Å². The summed E-state index contributed by atoms with van der Waals surface area (Å²) in [6.07, 6.45) is 5.05. The Balaban J connectivity index is 2.00. The average Bonchev–Trinajstić information content (AvgIpc) is 2.97. The van der Waals surface area contributed by atoms with Crippen LogP contribution in [-0.4, -0.2) is 15.7 Å². The molecule has 96 valence electrons. The van der Waals surface area contributed by atoms with Crippen LogP contribution in [0.4, 0.5) is 0 Å². The fourth-order valence-electron chi connectivity index (χ4n) is 2.43. The van der Waals surface area contributed by atoms with Gasteiger partial charge in [0.2, 0.25) is 5.91 Å². The second-order valence-corrected chi connectivity index (χ2v) is 4.96. The maximum absolute atomic E-state index is 12.1. The Morgan fingerprint density at radius 1 is 1.61 bits per heavy atom. The first-order valence-electron chi connectivity index (χ1n) is 6.26. The van der Waals surface area contributed by atoms with E-state index in [1.807, 2.05) is 14.0 Å². The largest absolute Gasteiger partial charge is 0.351 e. The Hall–Kier alpha value is -1.83. The second-order valence-electron chi connectivity index (χ2n) is 4.96. The number of carbonyl (C=O) groups is 1. The van der Waals surface area contributed by atoms with Crippen molar-refractivity contribution in [3.05, 3.63) is 17.5 Å². The molecule has 18 heavy (non-hydrogen) atoms. The molecule has 0 aromatic carbocycles. The Bertz CT molecular complexity index is 492. The van der Waals surface area contributed by atoms with Crippen LogP contribution in [0.3, 0.4) is 0 Å². The van der Waals surface area contributed by atoms with E-state index in [4.69, 9.17) is 0 Å². The van der Waals surface area contributed by atoms with E-state index in [0.717, 1.165) is 24.1 Å². The highest BCUT2D eigenvalue weighted by molar-refractivity contribution is 5.85. The van der Waals surface area contributed by atoms with Crippen molar-refractivity contribution in [2.24, 2.45) is 12.5 Å². The zero-order chi connectivity index (χ0) is 13.2. The molecule has 1 N–H and O–H groups in total. The highest BCUT2D eigenvalue weighted by Gasteiger charge is 2.41. The minimum atomic E-state index is -0.796. The van der Waals surface area contributed by atoms with Crippen molar-refractivity contribution in [2.45, 2.75) is 39.2 Å². The van der Waals surface area contributed by atoms with E-state index >= 15 is 0 Å². The zero-order valence-corrected chi connectivity index (χ0v) is 10.9. The highest BCUT2D eigenvalue weighted by Crippen LogP contribution is 2.37. The monoisotopic (exact) mass is 246 g/mol. The molecule has 0 aliphatic heterocycles. The molecule has 1 aromatic rings. The number of nitrogens with one attached hydrogen (secondary N) is 1. The van der Waals surface area contributed by atoms with E-state index in [2.05, 4.69) is 16.5 Å². The molecular formula is C13H18N4O. The van der Waals surface area contributed by atoms with E-state index in [1.54, 1.807) is 10.9 Å². The van der Waals surface area contributed by atoms with Crippen molar-refractivity contribution in [2.75, 3.05) is 0 Å². The fraction of sp³-hybridized carbons (Fsp3) is 0.615. The van der Waals surface area contributed by atoms with Crippen LogP contribution in [0.25, 0.3) is 0 Å². The molecule has 0 bridgehead atoms. The molecular weight excluding hydrogens is 228 g/mol. The topological polar surface area (TPSA) is 70.7 Å². The number of amides is 1. The van der Waals surface area contributed by atoms with Crippen LogP contribution in [0.1, 0.15) is 36.9 Å². The molecule has 1 amide bonds. The third-order valence-corrected chi connectivity index (χ3v) is 3.88. The van der Waals surface area contributed by atoms with E-state index in [1.165, 1.54) is 0 Å². The van der Waals surface area contributed by atoms with Crippen molar-refractivity contribution < 1.29 is 4.79 Å². The van der Waals surface area contributed by atoms with Crippen LogP contribution >= 0.6 is 0 Å². The number of nitriles is 1. The summed E-state index contributed by atoms with van der Waals surface area (Å²) >= 11 is 0. The summed E-state index contributed by atoms with van der Waals surface area (Å²) in [4.78, 5) is 12.1. The molecule has 1 fully saturated rings. The summed E-state index contributed by atoms with van der Waals surface area (Å²) < 4.78 is 1.77. The van der Waals surface area contributed by atoms with E-state index in [9.17, 15) is 10.1 Å². The Morgan fingerprint density at radius 2 is 2.28 bits per heavy atom. The number of aromatic nitrogens is 2. The Kier molecular flexibility index (Phi) is 3.37. The normalized spacial score (nSPS) is 17.4. The van der Waals surface area contributed by atoms with Crippen molar-refractivity contribution in [3.63, 3.8) is 0 Å². The molecule has 0 saturated heterocycles. The van der Waals surface area contributed by atoms with Crippen LogP contribution in [0, 0.1) is 23.7 Å². The van der Waals surface area contributed by atoms with Crippen LogP contribution in [0.2, 0.25) is 0 Å². The lowest BCUT2D eigenvalue weighted by Crippen LogP contribution is -2.37. The lowest BCUT2D eigenvalue weighted by molar-refractivity contribution is -0.128. The van der Waals surface area contributed by atoms with E-state index < -0.39 is 5.41 Å². The van der Waals surface area contributed by atoms with Gasteiger partial charge in [0.15, 0.2) is 0 Å². The standard InChI is InChI=1S/C13H18N4O/c1-10-11(8-16-17(10)2)7-15-12(18)13(9-14)5-3-4-6-13/h8H,3-7H2,1-2H3,(H,15,18). The SMILES string of the molecule is Cc1c(CNC(=O)C2(C#N)CCCC2)cnn1C. The summed E-state index contributed by atoms with van der Waals surface area (Å²) in [6.45, 7) is 2.41.